The van der Waals surface area contributed by atoms with E-state index in [-0.39, 0.29) is 42.7 Å². The molecule has 1 aliphatic rings. The molecule has 1 aromatic rings. The minimum atomic E-state index is -0.346. The van der Waals surface area contributed by atoms with E-state index in [0.29, 0.717) is 24.0 Å². The zero-order chi connectivity index (χ0) is 17.0. The number of carbonyl (C=O) groups is 2. The molecule has 3 unspecified atom stereocenters. The van der Waals surface area contributed by atoms with Crippen molar-refractivity contribution in [2.75, 3.05) is 13.1 Å². The minimum absolute atomic E-state index is 0. The molecule has 134 valence electrons. The second-order valence-corrected chi connectivity index (χ2v) is 6.68. The number of carbonyl (C=O) groups excluding carboxylic acids is 2. The van der Waals surface area contributed by atoms with Crippen molar-refractivity contribution in [3.8, 4) is 0 Å². The summed E-state index contributed by atoms with van der Waals surface area (Å²) in [5, 5.41) is 3.48. The first-order chi connectivity index (χ1) is 10.9. The van der Waals surface area contributed by atoms with Crippen molar-refractivity contribution in [3.63, 3.8) is 0 Å². The average molecular weight is 374 g/mol. The van der Waals surface area contributed by atoms with Gasteiger partial charge in [0.05, 0.1) is 12.5 Å². The van der Waals surface area contributed by atoms with Crippen LogP contribution in [-0.4, -0.2) is 35.8 Å². The van der Waals surface area contributed by atoms with Crippen molar-refractivity contribution in [2.24, 2.45) is 11.7 Å². The highest BCUT2D eigenvalue weighted by atomic mass is 35.5. The zero-order valence-corrected chi connectivity index (χ0v) is 15.6. The molecule has 3 N–H and O–H groups in total. The third-order valence-corrected chi connectivity index (χ3v) is 4.60. The van der Waals surface area contributed by atoms with E-state index >= 15 is 0 Å². The first-order valence-electron chi connectivity index (χ1n) is 7.92. The number of likely N-dealkylation sites (tertiary alicyclic amines) is 1. The lowest BCUT2D eigenvalue weighted by molar-refractivity contribution is -0.132. The van der Waals surface area contributed by atoms with E-state index in [1.807, 2.05) is 24.0 Å². The van der Waals surface area contributed by atoms with Crippen LogP contribution in [0.4, 0.5) is 0 Å². The number of nitrogens with one attached hydrogen (secondary N) is 1. The van der Waals surface area contributed by atoms with Gasteiger partial charge in [-0.15, -0.1) is 12.4 Å². The number of halogens is 2. The molecule has 2 rings (SSSR count). The Balaban J connectivity index is 0.00000288. The number of benzene rings is 1. The molecule has 2 amide bonds. The molecule has 1 aromatic carbocycles. The number of nitrogens with two attached hydrogens (primary N) is 1. The summed E-state index contributed by atoms with van der Waals surface area (Å²) in [6.07, 6.45) is 1.18. The quantitative estimate of drug-likeness (QED) is 0.832. The predicted molar refractivity (Wildman–Crippen MR) is 98.2 cm³/mol. The Morgan fingerprint density at radius 1 is 1.38 bits per heavy atom. The highest BCUT2D eigenvalue weighted by Crippen LogP contribution is 2.26. The fourth-order valence-electron chi connectivity index (χ4n) is 3.15. The lowest BCUT2D eigenvalue weighted by Crippen LogP contribution is -2.38. The third-order valence-electron chi connectivity index (χ3n) is 4.34. The van der Waals surface area contributed by atoms with Crippen LogP contribution in [0.2, 0.25) is 5.02 Å². The molecule has 1 aliphatic heterocycles. The lowest BCUT2D eigenvalue weighted by Gasteiger charge is -2.25. The van der Waals surface area contributed by atoms with Gasteiger partial charge in [-0.05, 0) is 43.5 Å². The van der Waals surface area contributed by atoms with Crippen LogP contribution in [0.3, 0.4) is 0 Å². The van der Waals surface area contributed by atoms with Gasteiger partial charge in [-0.2, -0.15) is 0 Å². The average Bonchev–Trinajstić information content (AvgIpc) is 2.88. The molecule has 7 heteroatoms. The Morgan fingerprint density at radius 2 is 2.00 bits per heavy atom. The SMILES string of the molecule is CC(=O)NC(CC(=O)N1CC(CN)CC1C)c1ccc(Cl)cc1.Cl. The van der Waals surface area contributed by atoms with Crippen LogP contribution >= 0.6 is 24.0 Å². The Hall–Kier alpha value is -1.30. The van der Waals surface area contributed by atoms with Crippen LogP contribution in [0.1, 0.15) is 38.3 Å². The van der Waals surface area contributed by atoms with Gasteiger partial charge in [0.15, 0.2) is 0 Å². The van der Waals surface area contributed by atoms with Gasteiger partial charge < -0.3 is 16.0 Å². The van der Waals surface area contributed by atoms with Gasteiger partial charge >= 0.3 is 0 Å². The highest BCUT2D eigenvalue weighted by Gasteiger charge is 2.32. The summed E-state index contributed by atoms with van der Waals surface area (Å²) in [4.78, 5) is 26.0. The Kier molecular flexibility index (Phi) is 8.00. The standard InChI is InChI=1S/C17H24ClN3O2.ClH/c1-11-7-13(9-19)10-21(11)17(23)8-16(20-12(2)22)14-3-5-15(18)6-4-14;/h3-6,11,13,16H,7-10,19H2,1-2H3,(H,20,22);1H. The monoisotopic (exact) mass is 373 g/mol. The van der Waals surface area contributed by atoms with Crippen LogP contribution in [-0.2, 0) is 9.59 Å². The number of hydrogen-bond acceptors (Lipinski definition) is 3. The van der Waals surface area contributed by atoms with Crippen LogP contribution in [0, 0.1) is 5.92 Å². The number of nitrogens with zero attached hydrogens (tertiary/aromatic N) is 1. The summed E-state index contributed by atoms with van der Waals surface area (Å²) in [6, 6.07) is 7.05. The molecule has 0 saturated carbocycles. The summed E-state index contributed by atoms with van der Waals surface area (Å²) in [5.41, 5.74) is 6.60. The van der Waals surface area contributed by atoms with Gasteiger partial charge in [0.1, 0.15) is 0 Å². The highest BCUT2D eigenvalue weighted by molar-refractivity contribution is 6.30. The number of hydrogen-bond donors (Lipinski definition) is 2. The van der Waals surface area contributed by atoms with Crippen molar-refractivity contribution in [1.29, 1.82) is 0 Å². The van der Waals surface area contributed by atoms with E-state index in [4.69, 9.17) is 17.3 Å². The fourth-order valence-corrected chi connectivity index (χ4v) is 3.27. The number of rotatable bonds is 5. The maximum atomic E-state index is 12.7. The van der Waals surface area contributed by atoms with Crippen LogP contribution in [0.5, 0.6) is 0 Å². The van der Waals surface area contributed by atoms with Crippen LogP contribution < -0.4 is 11.1 Å². The van der Waals surface area contributed by atoms with Crippen LogP contribution in [0.25, 0.3) is 0 Å². The summed E-state index contributed by atoms with van der Waals surface area (Å²) >= 11 is 5.91. The second-order valence-electron chi connectivity index (χ2n) is 6.24. The molecular formula is C17H25Cl2N3O2. The van der Waals surface area contributed by atoms with Gasteiger partial charge in [0, 0.05) is 24.5 Å². The fraction of sp³-hybridized carbons (Fsp3) is 0.529. The summed E-state index contributed by atoms with van der Waals surface area (Å²) in [5.74, 6) is 0.248. The van der Waals surface area contributed by atoms with Crippen LogP contribution in [0.15, 0.2) is 24.3 Å². The van der Waals surface area contributed by atoms with Crippen molar-refractivity contribution in [2.45, 2.75) is 38.8 Å². The van der Waals surface area contributed by atoms with Gasteiger partial charge in [-0.25, -0.2) is 0 Å². The number of amides is 2. The molecule has 5 nitrogen and oxygen atoms in total. The molecular weight excluding hydrogens is 349 g/mol. The van der Waals surface area contributed by atoms with Gasteiger partial charge in [-0.1, -0.05) is 23.7 Å². The molecule has 0 bridgehead atoms. The Labute approximate surface area is 154 Å². The second kappa shape index (κ2) is 9.25. The van der Waals surface area contributed by atoms with Crippen molar-refractivity contribution in [3.05, 3.63) is 34.9 Å². The molecule has 3 atom stereocenters. The Bertz CT molecular complexity index is 565. The molecule has 24 heavy (non-hydrogen) atoms. The Morgan fingerprint density at radius 3 is 2.50 bits per heavy atom. The van der Waals surface area contributed by atoms with E-state index in [1.54, 1.807) is 12.1 Å². The topological polar surface area (TPSA) is 75.4 Å². The first-order valence-corrected chi connectivity index (χ1v) is 8.30. The van der Waals surface area contributed by atoms with Crippen molar-refractivity contribution >= 4 is 35.8 Å². The smallest absolute Gasteiger partial charge is 0.225 e. The first kappa shape index (κ1) is 20.7. The van der Waals surface area contributed by atoms with E-state index in [2.05, 4.69) is 5.32 Å². The molecule has 0 spiro atoms. The molecule has 1 fully saturated rings. The maximum Gasteiger partial charge on any atom is 0.225 e. The summed E-state index contributed by atoms with van der Waals surface area (Å²) < 4.78 is 0. The van der Waals surface area contributed by atoms with Crippen molar-refractivity contribution < 1.29 is 9.59 Å². The summed E-state index contributed by atoms with van der Waals surface area (Å²) in [6.45, 7) is 4.80. The molecule has 1 heterocycles. The maximum absolute atomic E-state index is 12.7. The molecule has 0 aromatic heterocycles. The largest absolute Gasteiger partial charge is 0.349 e. The molecule has 1 saturated heterocycles. The van der Waals surface area contributed by atoms with Crippen molar-refractivity contribution in [1.82, 2.24) is 10.2 Å². The minimum Gasteiger partial charge on any atom is -0.349 e. The van der Waals surface area contributed by atoms with E-state index in [9.17, 15) is 9.59 Å². The zero-order valence-electron chi connectivity index (χ0n) is 14.0. The van der Waals surface area contributed by atoms with E-state index in [1.165, 1.54) is 6.92 Å². The predicted octanol–water partition coefficient (Wildman–Crippen LogP) is 2.52. The van der Waals surface area contributed by atoms with Gasteiger partial charge in [0.2, 0.25) is 11.8 Å². The molecule has 0 aliphatic carbocycles. The van der Waals surface area contributed by atoms with Gasteiger partial charge in [0.25, 0.3) is 0 Å². The van der Waals surface area contributed by atoms with Gasteiger partial charge in [-0.3, -0.25) is 9.59 Å². The lowest BCUT2D eigenvalue weighted by atomic mass is 10.0. The van der Waals surface area contributed by atoms with E-state index in [0.717, 1.165) is 12.0 Å². The molecule has 0 radical (unpaired) electrons. The van der Waals surface area contributed by atoms with E-state index < -0.39 is 0 Å². The normalized spacial score (nSPS) is 21.1. The summed E-state index contributed by atoms with van der Waals surface area (Å²) in [7, 11) is 0. The third kappa shape index (κ3) is 5.36.